The van der Waals surface area contributed by atoms with Gasteiger partial charge in [0.05, 0.1) is 0 Å². The summed E-state index contributed by atoms with van der Waals surface area (Å²) < 4.78 is 0. The van der Waals surface area contributed by atoms with Crippen LogP contribution in [0.3, 0.4) is 0 Å². The van der Waals surface area contributed by atoms with Crippen LogP contribution in [0, 0.1) is 23.2 Å². The highest BCUT2D eigenvalue weighted by molar-refractivity contribution is 5.79. The first-order chi connectivity index (χ1) is 9.66. The van der Waals surface area contributed by atoms with Crippen molar-refractivity contribution in [3.63, 3.8) is 0 Å². The fourth-order valence-corrected chi connectivity index (χ4v) is 3.57. The highest BCUT2D eigenvalue weighted by Gasteiger charge is 2.45. The first-order valence-corrected chi connectivity index (χ1v) is 8.72. The van der Waals surface area contributed by atoms with Gasteiger partial charge in [0, 0.05) is 18.0 Å². The Balaban J connectivity index is 2.51. The number of nitrogens with two attached hydrogens (primary N) is 1. The molecular weight excluding hydrogens is 260 g/mol. The maximum atomic E-state index is 12.6. The molecule has 0 aromatic heterocycles. The second kappa shape index (κ2) is 7.62. The molecule has 0 aromatic rings. The van der Waals surface area contributed by atoms with Crippen molar-refractivity contribution < 1.29 is 4.79 Å². The largest absolute Gasteiger partial charge is 0.353 e. The van der Waals surface area contributed by atoms with Crippen molar-refractivity contribution in [2.75, 3.05) is 0 Å². The topological polar surface area (TPSA) is 55.1 Å². The molecule has 0 saturated heterocycles. The van der Waals surface area contributed by atoms with Crippen molar-refractivity contribution in [3.8, 4) is 0 Å². The number of hydrogen-bond donors (Lipinski definition) is 2. The summed E-state index contributed by atoms with van der Waals surface area (Å²) in [6.07, 6.45) is 5.38. The van der Waals surface area contributed by atoms with Crippen LogP contribution in [-0.4, -0.2) is 18.0 Å². The minimum atomic E-state index is -0.0145. The average Bonchev–Trinajstić information content (AvgIpc) is 2.35. The molecular formula is C18H36N2O. The SMILES string of the molecule is CC(C)CCCC(C)NC(=O)C1CCC(N)C(C)C1(C)C. The summed E-state index contributed by atoms with van der Waals surface area (Å²) in [6, 6.07) is 0.505. The van der Waals surface area contributed by atoms with E-state index < -0.39 is 0 Å². The van der Waals surface area contributed by atoms with Gasteiger partial charge in [0.15, 0.2) is 0 Å². The Bertz CT molecular complexity index is 338. The number of hydrogen-bond acceptors (Lipinski definition) is 2. The molecule has 3 heteroatoms. The van der Waals surface area contributed by atoms with Gasteiger partial charge < -0.3 is 11.1 Å². The molecule has 4 atom stereocenters. The summed E-state index contributed by atoms with van der Waals surface area (Å²) in [5, 5.41) is 3.23. The molecule has 0 bridgehead atoms. The third-order valence-electron chi connectivity index (χ3n) is 5.63. The van der Waals surface area contributed by atoms with Crippen molar-refractivity contribution in [1.82, 2.24) is 5.32 Å². The smallest absolute Gasteiger partial charge is 0.223 e. The molecule has 1 saturated carbocycles. The molecule has 1 rings (SSSR count). The van der Waals surface area contributed by atoms with Crippen LogP contribution in [0.2, 0.25) is 0 Å². The van der Waals surface area contributed by atoms with Gasteiger partial charge in [-0.1, -0.05) is 47.5 Å². The Morgan fingerprint density at radius 2 is 1.86 bits per heavy atom. The summed E-state index contributed by atoms with van der Waals surface area (Å²) in [4.78, 5) is 12.6. The minimum Gasteiger partial charge on any atom is -0.353 e. The predicted molar refractivity (Wildman–Crippen MR) is 89.9 cm³/mol. The number of nitrogens with one attached hydrogen (secondary N) is 1. The van der Waals surface area contributed by atoms with E-state index in [0.29, 0.717) is 5.92 Å². The number of carbonyl (C=O) groups excluding carboxylic acids is 1. The molecule has 21 heavy (non-hydrogen) atoms. The van der Waals surface area contributed by atoms with Gasteiger partial charge >= 0.3 is 0 Å². The Hall–Kier alpha value is -0.570. The lowest BCUT2D eigenvalue weighted by atomic mass is 9.61. The van der Waals surface area contributed by atoms with E-state index in [1.165, 1.54) is 12.8 Å². The molecule has 0 spiro atoms. The highest BCUT2D eigenvalue weighted by atomic mass is 16.2. The van der Waals surface area contributed by atoms with Crippen LogP contribution in [0.15, 0.2) is 0 Å². The summed E-state index contributed by atoms with van der Waals surface area (Å²) >= 11 is 0. The molecule has 0 aliphatic heterocycles. The van der Waals surface area contributed by atoms with E-state index in [0.717, 1.165) is 25.2 Å². The monoisotopic (exact) mass is 296 g/mol. The van der Waals surface area contributed by atoms with Crippen molar-refractivity contribution >= 4 is 5.91 Å². The van der Waals surface area contributed by atoms with E-state index in [1.54, 1.807) is 0 Å². The van der Waals surface area contributed by atoms with Crippen LogP contribution in [0.25, 0.3) is 0 Å². The molecule has 3 N–H and O–H groups in total. The quantitative estimate of drug-likeness (QED) is 0.785. The fourth-order valence-electron chi connectivity index (χ4n) is 3.57. The second-order valence-electron chi connectivity index (χ2n) is 8.14. The van der Waals surface area contributed by atoms with Crippen LogP contribution >= 0.6 is 0 Å². The standard InChI is InChI=1S/C18H36N2O/c1-12(2)8-7-9-13(3)20-17(21)15-10-11-16(19)14(4)18(15,5)6/h12-16H,7-11,19H2,1-6H3,(H,20,21). The lowest BCUT2D eigenvalue weighted by Crippen LogP contribution is -2.52. The predicted octanol–water partition coefficient (Wildman–Crippen LogP) is 3.72. The van der Waals surface area contributed by atoms with Crippen LogP contribution in [-0.2, 0) is 4.79 Å². The first kappa shape index (κ1) is 18.5. The normalized spacial score (nSPS) is 30.2. The molecule has 1 aliphatic rings. The van der Waals surface area contributed by atoms with Crippen LogP contribution in [0.5, 0.6) is 0 Å². The number of rotatable bonds is 6. The molecule has 0 aromatic carbocycles. The third kappa shape index (κ3) is 4.98. The number of carbonyl (C=O) groups is 1. The lowest BCUT2D eigenvalue weighted by molar-refractivity contribution is -0.133. The van der Waals surface area contributed by atoms with Gasteiger partial charge in [-0.05, 0) is 43.4 Å². The van der Waals surface area contributed by atoms with Gasteiger partial charge in [0.25, 0.3) is 0 Å². The Morgan fingerprint density at radius 3 is 2.43 bits per heavy atom. The molecule has 3 nitrogen and oxygen atoms in total. The van der Waals surface area contributed by atoms with Crippen LogP contribution in [0.1, 0.15) is 73.6 Å². The Labute approximate surface area is 131 Å². The zero-order chi connectivity index (χ0) is 16.2. The third-order valence-corrected chi connectivity index (χ3v) is 5.63. The van der Waals surface area contributed by atoms with Crippen molar-refractivity contribution in [2.45, 2.75) is 85.7 Å². The van der Waals surface area contributed by atoms with Gasteiger partial charge in [-0.25, -0.2) is 0 Å². The van der Waals surface area contributed by atoms with E-state index in [1.807, 2.05) is 0 Å². The molecule has 4 unspecified atom stereocenters. The van der Waals surface area contributed by atoms with Gasteiger partial charge in [0.2, 0.25) is 5.91 Å². The Morgan fingerprint density at radius 1 is 1.24 bits per heavy atom. The minimum absolute atomic E-state index is 0.0145. The van der Waals surface area contributed by atoms with Gasteiger partial charge in [-0.3, -0.25) is 4.79 Å². The van der Waals surface area contributed by atoms with Crippen molar-refractivity contribution in [1.29, 1.82) is 0 Å². The van der Waals surface area contributed by atoms with E-state index in [-0.39, 0.29) is 29.3 Å². The lowest BCUT2D eigenvalue weighted by Gasteiger charge is -2.46. The molecule has 1 amide bonds. The number of amides is 1. The van der Waals surface area contributed by atoms with Gasteiger partial charge in [0.1, 0.15) is 0 Å². The molecule has 0 radical (unpaired) electrons. The van der Waals surface area contributed by atoms with Gasteiger partial charge in [-0.15, -0.1) is 0 Å². The molecule has 1 fully saturated rings. The molecule has 1 aliphatic carbocycles. The maximum Gasteiger partial charge on any atom is 0.223 e. The van der Waals surface area contributed by atoms with Crippen LogP contribution < -0.4 is 11.1 Å². The van der Waals surface area contributed by atoms with Crippen molar-refractivity contribution in [3.05, 3.63) is 0 Å². The maximum absolute atomic E-state index is 12.6. The van der Waals surface area contributed by atoms with E-state index in [4.69, 9.17) is 5.73 Å². The average molecular weight is 296 g/mol. The van der Waals surface area contributed by atoms with E-state index in [2.05, 4.69) is 46.9 Å². The fraction of sp³-hybridized carbons (Fsp3) is 0.944. The van der Waals surface area contributed by atoms with Crippen LogP contribution in [0.4, 0.5) is 0 Å². The molecule has 0 heterocycles. The first-order valence-electron chi connectivity index (χ1n) is 8.72. The molecule has 124 valence electrons. The van der Waals surface area contributed by atoms with Crippen molar-refractivity contribution in [2.24, 2.45) is 28.9 Å². The summed E-state index contributed by atoms with van der Waals surface area (Å²) in [5.74, 6) is 1.46. The summed E-state index contributed by atoms with van der Waals surface area (Å²) in [7, 11) is 0. The van der Waals surface area contributed by atoms with E-state index in [9.17, 15) is 4.79 Å². The van der Waals surface area contributed by atoms with Gasteiger partial charge in [-0.2, -0.15) is 0 Å². The summed E-state index contributed by atoms with van der Waals surface area (Å²) in [5.41, 5.74) is 6.17. The Kier molecular flexibility index (Phi) is 6.71. The second-order valence-corrected chi connectivity index (χ2v) is 8.14. The zero-order valence-corrected chi connectivity index (χ0v) is 14.9. The van der Waals surface area contributed by atoms with E-state index >= 15 is 0 Å². The highest BCUT2D eigenvalue weighted by Crippen LogP contribution is 2.44. The summed E-state index contributed by atoms with van der Waals surface area (Å²) in [6.45, 7) is 13.2. The zero-order valence-electron chi connectivity index (χ0n) is 14.9.